The molecule has 6 rings (SSSR count). The lowest BCUT2D eigenvalue weighted by Crippen LogP contribution is -2.36. The molecule has 2 saturated carbocycles. The number of piperidine rings is 1. The van der Waals surface area contributed by atoms with E-state index < -0.39 is 11.3 Å². The standard InChI is InChI=1S/C22H21N3O5.C5H9N/c1-28-18-11-15-16(12-19(18)29-2)24-10-7-17(15)30-14-5-3-13(4-6-14)25-21(27)22(8-9-22)20(23)26;1-4-2-6-3-5(1)4/h3-7,10-12H,8-9H2,1-2H3,(H2,23,26)(H,25,27);4-6H,1-3H2. The molecule has 2 aliphatic carbocycles. The van der Waals surface area contributed by atoms with Crippen molar-refractivity contribution < 1.29 is 23.8 Å². The van der Waals surface area contributed by atoms with Crippen LogP contribution in [0.3, 0.4) is 0 Å². The molecule has 9 nitrogen and oxygen atoms in total. The van der Waals surface area contributed by atoms with Gasteiger partial charge in [0, 0.05) is 23.3 Å². The fourth-order valence-corrected chi connectivity index (χ4v) is 4.50. The van der Waals surface area contributed by atoms with Gasteiger partial charge in [-0.15, -0.1) is 0 Å². The fraction of sp³-hybridized carbons (Fsp3) is 0.370. The summed E-state index contributed by atoms with van der Waals surface area (Å²) in [6.07, 6.45) is 4.14. The number of hydrogen-bond donors (Lipinski definition) is 3. The molecule has 2 heterocycles. The largest absolute Gasteiger partial charge is 0.493 e. The molecule has 3 fully saturated rings. The number of nitrogens with one attached hydrogen (secondary N) is 2. The summed E-state index contributed by atoms with van der Waals surface area (Å²) in [6, 6.07) is 12.2. The van der Waals surface area contributed by atoms with Crippen molar-refractivity contribution >= 4 is 28.4 Å². The predicted octanol–water partition coefficient (Wildman–Crippen LogP) is 3.47. The Morgan fingerprint density at radius 1 is 1.00 bits per heavy atom. The van der Waals surface area contributed by atoms with E-state index in [4.69, 9.17) is 19.9 Å². The maximum atomic E-state index is 12.3. The smallest absolute Gasteiger partial charge is 0.240 e. The molecular weight excluding hydrogens is 460 g/mol. The number of fused-ring (bicyclic) bond motifs is 2. The molecule has 0 radical (unpaired) electrons. The summed E-state index contributed by atoms with van der Waals surface area (Å²) in [6.45, 7) is 2.62. The zero-order valence-electron chi connectivity index (χ0n) is 20.4. The van der Waals surface area contributed by atoms with Crippen LogP contribution in [0.1, 0.15) is 19.3 Å². The van der Waals surface area contributed by atoms with Crippen LogP contribution in [0.15, 0.2) is 48.7 Å². The number of benzene rings is 2. The second-order valence-corrected chi connectivity index (χ2v) is 9.47. The minimum atomic E-state index is -1.06. The van der Waals surface area contributed by atoms with Gasteiger partial charge in [0.2, 0.25) is 11.8 Å². The summed E-state index contributed by atoms with van der Waals surface area (Å²) in [4.78, 5) is 28.1. The van der Waals surface area contributed by atoms with Gasteiger partial charge in [-0.25, -0.2) is 0 Å². The van der Waals surface area contributed by atoms with Crippen LogP contribution in [-0.4, -0.2) is 44.1 Å². The van der Waals surface area contributed by atoms with Crippen LogP contribution < -0.4 is 30.6 Å². The SMILES string of the molecule is C1NCC2CC12.COc1cc2nccc(Oc3ccc(NC(=O)C4(C(N)=O)CC4)cc3)c2cc1OC. The number of amides is 2. The average molecular weight is 491 g/mol. The number of carbonyl (C=O) groups is 2. The van der Waals surface area contributed by atoms with Crippen molar-refractivity contribution in [2.45, 2.75) is 19.3 Å². The molecule has 4 N–H and O–H groups in total. The molecule has 1 aliphatic heterocycles. The highest BCUT2D eigenvalue weighted by Crippen LogP contribution is 2.46. The number of rotatable bonds is 7. The first-order chi connectivity index (χ1) is 17.4. The highest BCUT2D eigenvalue weighted by Gasteiger charge is 2.55. The van der Waals surface area contributed by atoms with Crippen LogP contribution in [-0.2, 0) is 9.59 Å². The first-order valence-electron chi connectivity index (χ1n) is 12.0. The first kappa shape index (κ1) is 23.9. The third-order valence-corrected chi connectivity index (χ3v) is 7.09. The third kappa shape index (κ3) is 4.79. The van der Waals surface area contributed by atoms with E-state index in [1.165, 1.54) is 19.5 Å². The Morgan fingerprint density at radius 2 is 1.67 bits per heavy atom. The van der Waals surface area contributed by atoms with E-state index in [0.717, 1.165) is 17.2 Å². The molecule has 2 amide bonds. The topological polar surface area (TPSA) is 125 Å². The number of pyridine rings is 1. The van der Waals surface area contributed by atoms with Crippen molar-refractivity contribution in [3.63, 3.8) is 0 Å². The van der Waals surface area contributed by atoms with Crippen LogP contribution in [0, 0.1) is 17.3 Å². The number of aromatic nitrogens is 1. The second-order valence-electron chi connectivity index (χ2n) is 9.47. The lowest BCUT2D eigenvalue weighted by atomic mass is 10.1. The lowest BCUT2D eigenvalue weighted by Gasteiger charge is -2.13. The highest BCUT2D eigenvalue weighted by atomic mass is 16.5. The Morgan fingerprint density at radius 3 is 2.19 bits per heavy atom. The van der Waals surface area contributed by atoms with Gasteiger partial charge in [-0.05, 0) is 80.6 Å². The van der Waals surface area contributed by atoms with Gasteiger partial charge in [0.25, 0.3) is 0 Å². The number of carbonyl (C=O) groups excluding carboxylic acids is 2. The second kappa shape index (κ2) is 9.66. The summed E-state index contributed by atoms with van der Waals surface area (Å²) in [5.74, 6) is 3.58. The number of nitrogens with zero attached hydrogens (tertiary/aromatic N) is 1. The van der Waals surface area contributed by atoms with Gasteiger partial charge < -0.3 is 30.6 Å². The molecule has 9 heteroatoms. The Balaban J connectivity index is 0.000000382. The van der Waals surface area contributed by atoms with Gasteiger partial charge in [0.15, 0.2) is 11.5 Å². The monoisotopic (exact) mass is 490 g/mol. The summed E-state index contributed by atoms with van der Waals surface area (Å²) >= 11 is 0. The van der Waals surface area contributed by atoms with Crippen LogP contribution in [0.4, 0.5) is 5.69 Å². The van der Waals surface area contributed by atoms with Gasteiger partial charge in [-0.2, -0.15) is 0 Å². The minimum Gasteiger partial charge on any atom is -0.493 e. The van der Waals surface area contributed by atoms with Crippen molar-refractivity contribution in [2.24, 2.45) is 23.0 Å². The maximum Gasteiger partial charge on any atom is 0.240 e. The fourth-order valence-electron chi connectivity index (χ4n) is 4.50. The number of hydrogen-bond acceptors (Lipinski definition) is 7. The molecule has 36 heavy (non-hydrogen) atoms. The third-order valence-electron chi connectivity index (χ3n) is 7.09. The van der Waals surface area contributed by atoms with E-state index in [9.17, 15) is 9.59 Å². The number of primary amides is 1. The van der Waals surface area contributed by atoms with Gasteiger partial charge in [-0.3, -0.25) is 14.6 Å². The zero-order valence-corrected chi connectivity index (χ0v) is 20.4. The zero-order chi connectivity index (χ0) is 25.3. The predicted molar refractivity (Wildman–Crippen MR) is 135 cm³/mol. The normalized spacial score (nSPS) is 20.4. The summed E-state index contributed by atoms with van der Waals surface area (Å²) in [5, 5.41) is 6.83. The molecule has 3 aliphatic rings. The number of anilines is 1. The van der Waals surface area contributed by atoms with Gasteiger partial charge in [0.1, 0.15) is 16.9 Å². The van der Waals surface area contributed by atoms with Crippen LogP contribution in [0.2, 0.25) is 0 Å². The summed E-state index contributed by atoms with van der Waals surface area (Å²) in [5.41, 5.74) is 5.54. The molecule has 188 valence electrons. The summed E-state index contributed by atoms with van der Waals surface area (Å²) in [7, 11) is 3.14. The molecule has 1 saturated heterocycles. The van der Waals surface area contributed by atoms with E-state index in [1.54, 1.807) is 56.8 Å². The molecule has 1 aromatic heterocycles. The number of methoxy groups -OCH3 is 2. The summed E-state index contributed by atoms with van der Waals surface area (Å²) < 4.78 is 16.7. The Labute approximate surface area is 209 Å². The minimum absolute atomic E-state index is 0.371. The van der Waals surface area contributed by atoms with Crippen molar-refractivity contribution in [3.8, 4) is 23.0 Å². The first-order valence-corrected chi connectivity index (χ1v) is 12.0. The lowest BCUT2D eigenvalue weighted by molar-refractivity contribution is -0.132. The van der Waals surface area contributed by atoms with Crippen molar-refractivity contribution in [3.05, 3.63) is 48.7 Å². The Kier molecular flexibility index (Phi) is 6.40. The van der Waals surface area contributed by atoms with Crippen molar-refractivity contribution in [1.29, 1.82) is 0 Å². The average Bonchev–Trinajstić information content (AvgIpc) is 3.82. The quantitative estimate of drug-likeness (QED) is 0.433. The molecule has 0 spiro atoms. The number of ether oxygens (including phenoxy) is 3. The van der Waals surface area contributed by atoms with Crippen molar-refractivity contribution in [1.82, 2.24) is 10.3 Å². The maximum absolute atomic E-state index is 12.3. The molecule has 2 atom stereocenters. The number of nitrogens with two attached hydrogens (primary N) is 1. The van der Waals surface area contributed by atoms with Gasteiger partial charge in [0.05, 0.1) is 19.7 Å². The van der Waals surface area contributed by atoms with E-state index in [0.29, 0.717) is 47.0 Å². The van der Waals surface area contributed by atoms with E-state index >= 15 is 0 Å². The Bertz CT molecular complexity index is 1280. The molecule has 0 bridgehead atoms. The Hall–Kier alpha value is -3.85. The van der Waals surface area contributed by atoms with Gasteiger partial charge in [-0.1, -0.05) is 0 Å². The van der Waals surface area contributed by atoms with Crippen LogP contribution in [0.25, 0.3) is 10.9 Å². The van der Waals surface area contributed by atoms with E-state index in [-0.39, 0.29) is 5.91 Å². The molecule has 2 aromatic carbocycles. The van der Waals surface area contributed by atoms with Gasteiger partial charge >= 0.3 is 0 Å². The molecule has 2 unspecified atom stereocenters. The van der Waals surface area contributed by atoms with Crippen LogP contribution in [0.5, 0.6) is 23.0 Å². The molecule has 3 aromatic rings. The highest BCUT2D eigenvalue weighted by molar-refractivity contribution is 6.12. The van der Waals surface area contributed by atoms with Crippen LogP contribution >= 0.6 is 0 Å². The van der Waals surface area contributed by atoms with Crippen molar-refractivity contribution in [2.75, 3.05) is 32.6 Å². The molecular formula is C27H30N4O5. The van der Waals surface area contributed by atoms with E-state index in [1.807, 2.05) is 6.07 Å². The van der Waals surface area contributed by atoms with E-state index in [2.05, 4.69) is 15.6 Å².